The number of hydrogen-bond donors (Lipinski definition) is 2. The number of rotatable bonds is 5. The van der Waals surface area contributed by atoms with E-state index in [2.05, 4.69) is 12.3 Å². The van der Waals surface area contributed by atoms with Gasteiger partial charge in [-0.2, -0.15) is 0 Å². The summed E-state index contributed by atoms with van der Waals surface area (Å²) in [7, 11) is 0. The van der Waals surface area contributed by atoms with Gasteiger partial charge in [-0.1, -0.05) is 26.2 Å². The average molecular weight is 214 g/mol. The Labute approximate surface area is 91.5 Å². The molecule has 0 spiro atoms. The highest BCUT2D eigenvalue weighted by molar-refractivity contribution is 5.75. The summed E-state index contributed by atoms with van der Waals surface area (Å²) in [5.41, 5.74) is 2.10. The van der Waals surface area contributed by atoms with Crippen molar-refractivity contribution in [1.82, 2.24) is 5.43 Å². The standard InChI is InChI=1S/C11H22N2O2/c1-2-9-4-3-5-10(8-9)15-7-6-11(14)13-12/h9-10H,2-8,12H2,1H3,(H,13,14). The van der Waals surface area contributed by atoms with Crippen LogP contribution in [0.25, 0.3) is 0 Å². The van der Waals surface area contributed by atoms with Crippen molar-refractivity contribution in [2.75, 3.05) is 6.61 Å². The van der Waals surface area contributed by atoms with Gasteiger partial charge in [-0.25, -0.2) is 5.84 Å². The van der Waals surface area contributed by atoms with Crippen LogP contribution in [0, 0.1) is 5.92 Å². The van der Waals surface area contributed by atoms with Crippen LogP contribution in [-0.4, -0.2) is 18.6 Å². The van der Waals surface area contributed by atoms with E-state index in [-0.39, 0.29) is 5.91 Å². The third-order valence-corrected chi connectivity index (χ3v) is 3.16. The Morgan fingerprint density at radius 1 is 1.53 bits per heavy atom. The molecule has 2 unspecified atom stereocenters. The molecule has 1 rings (SSSR count). The summed E-state index contributed by atoms with van der Waals surface area (Å²) in [4.78, 5) is 10.9. The maximum Gasteiger partial charge on any atom is 0.236 e. The number of carbonyl (C=O) groups excluding carboxylic acids is 1. The van der Waals surface area contributed by atoms with Crippen molar-refractivity contribution in [1.29, 1.82) is 0 Å². The first-order valence-electron chi connectivity index (χ1n) is 5.87. The summed E-state index contributed by atoms with van der Waals surface area (Å²) in [6, 6.07) is 0. The summed E-state index contributed by atoms with van der Waals surface area (Å²) < 4.78 is 5.67. The van der Waals surface area contributed by atoms with Gasteiger partial charge in [0.25, 0.3) is 0 Å². The molecule has 0 saturated heterocycles. The topological polar surface area (TPSA) is 64.3 Å². The number of nitrogens with one attached hydrogen (secondary N) is 1. The Morgan fingerprint density at radius 3 is 3.00 bits per heavy atom. The highest BCUT2D eigenvalue weighted by Crippen LogP contribution is 2.28. The summed E-state index contributed by atoms with van der Waals surface area (Å²) in [6.07, 6.45) is 6.84. The normalized spacial score (nSPS) is 26.3. The molecule has 0 heterocycles. The molecule has 1 saturated carbocycles. The van der Waals surface area contributed by atoms with Crippen LogP contribution < -0.4 is 11.3 Å². The lowest BCUT2D eigenvalue weighted by molar-refractivity contribution is -0.122. The van der Waals surface area contributed by atoms with E-state index >= 15 is 0 Å². The van der Waals surface area contributed by atoms with Gasteiger partial charge in [-0.3, -0.25) is 10.2 Å². The molecule has 0 bridgehead atoms. The molecule has 2 atom stereocenters. The first-order valence-corrected chi connectivity index (χ1v) is 5.87. The van der Waals surface area contributed by atoms with Gasteiger partial charge in [0, 0.05) is 0 Å². The molecule has 0 aromatic heterocycles. The van der Waals surface area contributed by atoms with Crippen molar-refractivity contribution < 1.29 is 9.53 Å². The van der Waals surface area contributed by atoms with E-state index < -0.39 is 0 Å². The third kappa shape index (κ3) is 4.62. The van der Waals surface area contributed by atoms with Gasteiger partial charge >= 0.3 is 0 Å². The molecule has 0 radical (unpaired) electrons. The third-order valence-electron chi connectivity index (χ3n) is 3.16. The molecule has 15 heavy (non-hydrogen) atoms. The van der Waals surface area contributed by atoms with E-state index in [1.807, 2.05) is 0 Å². The van der Waals surface area contributed by atoms with Crippen molar-refractivity contribution in [3.8, 4) is 0 Å². The fourth-order valence-corrected chi connectivity index (χ4v) is 2.15. The molecule has 0 aromatic carbocycles. The predicted octanol–water partition coefficient (Wildman–Crippen LogP) is 1.35. The van der Waals surface area contributed by atoms with Gasteiger partial charge in [0.1, 0.15) is 0 Å². The highest BCUT2D eigenvalue weighted by atomic mass is 16.5. The molecule has 4 heteroatoms. The Hall–Kier alpha value is -0.610. The fraction of sp³-hybridized carbons (Fsp3) is 0.909. The molecule has 88 valence electrons. The monoisotopic (exact) mass is 214 g/mol. The fourth-order valence-electron chi connectivity index (χ4n) is 2.15. The number of ether oxygens (including phenoxy) is 1. The molecule has 1 aliphatic rings. The van der Waals surface area contributed by atoms with Gasteiger partial charge in [-0.15, -0.1) is 0 Å². The summed E-state index contributed by atoms with van der Waals surface area (Å²) in [6.45, 7) is 2.72. The van der Waals surface area contributed by atoms with Gasteiger partial charge in [-0.05, 0) is 18.8 Å². The van der Waals surface area contributed by atoms with E-state index in [1.54, 1.807) is 0 Å². The van der Waals surface area contributed by atoms with Crippen LogP contribution in [0.3, 0.4) is 0 Å². The highest BCUT2D eigenvalue weighted by Gasteiger charge is 2.21. The zero-order valence-corrected chi connectivity index (χ0v) is 9.50. The van der Waals surface area contributed by atoms with E-state index in [0.29, 0.717) is 19.1 Å². The lowest BCUT2D eigenvalue weighted by atomic mass is 9.85. The van der Waals surface area contributed by atoms with Crippen molar-refractivity contribution in [3.05, 3.63) is 0 Å². The summed E-state index contributed by atoms with van der Waals surface area (Å²) in [5.74, 6) is 5.64. The Balaban J connectivity index is 2.12. The zero-order valence-electron chi connectivity index (χ0n) is 9.50. The minimum absolute atomic E-state index is 0.155. The molecular weight excluding hydrogens is 192 g/mol. The Bertz CT molecular complexity index is 197. The van der Waals surface area contributed by atoms with Crippen molar-refractivity contribution >= 4 is 5.91 Å². The number of hydrazine groups is 1. The van der Waals surface area contributed by atoms with E-state index in [4.69, 9.17) is 10.6 Å². The van der Waals surface area contributed by atoms with Gasteiger partial charge < -0.3 is 4.74 Å². The van der Waals surface area contributed by atoms with Crippen molar-refractivity contribution in [3.63, 3.8) is 0 Å². The van der Waals surface area contributed by atoms with Crippen LogP contribution in [0.15, 0.2) is 0 Å². The average Bonchev–Trinajstić information content (AvgIpc) is 2.29. The van der Waals surface area contributed by atoms with Crippen LogP contribution in [0.5, 0.6) is 0 Å². The smallest absolute Gasteiger partial charge is 0.236 e. The summed E-state index contributed by atoms with van der Waals surface area (Å²) in [5, 5.41) is 0. The molecule has 1 fully saturated rings. The quantitative estimate of drug-likeness (QED) is 0.412. The van der Waals surface area contributed by atoms with Gasteiger partial charge in [0.05, 0.1) is 19.1 Å². The van der Waals surface area contributed by atoms with E-state index in [1.165, 1.54) is 19.3 Å². The van der Waals surface area contributed by atoms with E-state index in [9.17, 15) is 4.79 Å². The number of carbonyl (C=O) groups is 1. The lowest BCUT2D eigenvalue weighted by Gasteiger charge is -2.28. The van der Waals surface area contributed by atoms with Gasteiger partial charge in [0.15, 0.2) is 0 Å². The SMILES string of the molecule is CCC1CCCC(OCCC(=O)NN)C1. The maximum atomic E-state index is 10.9. The lowest BCUT2D eigenvalue weighted by Crippen LogP contribution is -2.31. The number of hydrogen-bond acceptors (Lipinski definition) is 3. The largest absolute Gasteiger partial charge is 0.378 e. The Morgan fingerprint density at radius 2 is 2.33 bits per heavy atom. The maximum absolute atomic E-state index is 10.9. The number of nitrogens with two attached hydrogens (primary N) is 1. The minimum atomic E-state index is -0.155. The second kappa shape index (κ2) is 6.80. The molecule has 3 N–H and O–H groups in total. The van der Waals surface area contributed by atoms with Crippen LogP contribution in [0.4, 0.5) is 0 Å². The molecule has 0 aliphatic heterocycles. The minimum Gasteiger partial charge on any atom is -0.378 e. The summed E-state index contributed by atoms with van der Waals surface area (Å²) >= 11 is 0. The molecular formula is C11H22N2O2. The first kappa shape index (κ1) is 12.5. The van der Waals surface area contributed by atoms with Gasteiger partial charge in [0.2, 0.25) is 5.91 Å². The molecule has 4 nitrogen and oxygen atoms in total. The second-order valence-electron chi connectivity index (χ2n) is 4.25. The van der Waals surface area contributed by atoms with Crippen molar-refractivity contribution in [2.45, 2.75) is 51.6 Å². The molecule has 0 aromatic rings. The second-order valence-corrected chi connectivity index (χ2v) is 4.25. The van der Waals surface area contributed by atoms with Crippen LogP contribution in [0.2, 0.25) is 0 Å². The van der Waals surface area contributed by atoms with Crippen molar-refractivity contribution in [2.24, 2.45) is 11.8 Å². The predicted molar refractivity (Wildman–Crippen MR) is 58.9 cm³/mol. The van der Waals surface area contributed by atoms with Crippen LogP contribution >= 0.6 is 0 Å². The zero-order chi connectivity index (χ0) is 11.1. The Kier molecular flexibility index (Phi) is 5.65. The first-order chi connectivity index (χ1) is 7.26. The van der Waals surface area contributed by atoms with Crippen LogP contribution in [0.1, 0.15) is 45.4 Å². The molecule has 1 aliphatic carbocycles. The molecule has 1 amide bonds. The van der Waals surface area contributed by atoms with E-state index in [0.717, 1.165) is 18.8 Å². The van der Waals surface area contributed by atoms with Crippen LogP contribution in [-0.2, 0) is 9.53 Å². The number of amides is 1.